The molecule has 0 aliphatic carbocycles. The van der Waals surface area contributed by atoms with Crippen molar-refractivity contribution in [2.24, 2.45) is 0 Å². The zero-order valence-corrected chi connectivity index (χ0v) is 45.5. The molecule has 0 saturated carbocycles. The average Bonchev–Trinajstić information content (AvgIpc) is 3.30. The molecule has 68 heavy (non-hydrogen) atoms. The molecule has 0 aromatic heterocycles. The number of unbranched alkanes of at least 4 members (excludes halogenated alkanes) is 33. The summed E-state index contributed by atoms with van der Waals surface area (Å²) in [5.41, 5.74) is 0. The summed E-state index contributed by atoms with van der Waals surface area (Å²) in [6.45, 7) is 4.68. The summed E-state index contributed by atoms with van der Waals surface area (Å²) >= 11 is 0. The van der Waals surface area contributed by atoms with E-state index in [-0.39, 0.29) is 42.7 Å². The van der Waals surface area contributed by atoms with Crippen molar-refractivity contribution >= 4 is 17.9 Å². The van der Waals surface area contributed by atoms with Crippen LogP contribution in [-0.4, -0.2) is 75.5 Å². The predicted octanol–water partition coefficient (Wildman–Crippen LogP) is 16.0. The first-order chi connectivity index (χ1) is 33.1. The standard InChI is InChI=1S/C60H111NO7/c1-6-8-10-12-14-16-18-20-22-24-26-28-30-32-34-36-38-40-42-44-46-48-50-58(62)67-55-56(54-66-53-52-57(60(64)65)61(3,4)5)68-59(63)51-49-47-45-43-41-39-37-35-33-31-29-27-25-23-21-19-17-15-13-11-9-7-2/h14,16,20,22,26,28,56-57H,6-13,15,17-19,21,23-25,27,29-55H2,1-5H3/b16-14+,22-20+,28-26+. The third-order valence-electron chi connectivity index (χ3n) is 13.3. The van der Waals surface area contributed by atoms with E-state index in [9.17, 15) is 19.5 Å². The van der Waals surface area contributed by atoms with Gasteiger partial charge in [0.2, 0.25) is 0 Å². The van der Waals surface area contributed by atoms with E-state index in [1.165, 1.54) is 193 Å². The van der Waals surface area contributed by atoms with Gasteiger partial charge < -0.3 is 28.6 Å². The number of carboxylic acid groups (broad SMARTS) is 1. The summed E-state index contributed by atoms with van der Waals surface area (Å²) in [6.07, 6.45) is 61.8. The second kappa shape index (κ2) is 50.9. The van der Waals surface area contributed by atoms with E-state index in [1.54, 1.807) is 0 Å². The normalized spacial score (nSPS) is 13.0. The molecule has 0 spiro atoms. The third kappa shape index (κ3) is 48.6. The largest absolute Gasteiger partial charge is 0.544 e. The van der Waals surface area contributed by atoms with Gasteiger partial charge in [-0.3, -0.25) is 9.59 Å². The van der Waals surface area contributed by atoms with Crippen molar-refractivity contribution in [3.8, 4) is 0 Å². The maximum absolute atomic E-state index is 12.8. The Morgan fingerprint density at radius 3 is 1.18 bits per heavy atom. The van der Waals surface area contributed by atoms with Gasteiger partial charge in [0.1, 0.15) is 12.6 Å². The molecular formula is C60H111NO7. The van der Waals surface area contributed by atoms with Crippen LogP contribution in [0.2, 0.25) is 0 Å². The zero-order chi connectivity index (χ0) is 49.9. The van der Waals surface area contributed by atoms with Crippen molar-refractivity contribution in [1.29, 1.82) is 0 Å². The average molecular weight is 959 g/mol. The maximum Gasteiger partial charge on any atom is 0.306 e. The number of rotatable bonds is 53. The molecule has 8 heteroatoms. The molecule has 0 heterocycles. The van der Waals surface area contributed by atoms with Gasteiger partial charge in [-0.2, -0.15) is 0 Å². The lowest BCUT2D eigenvalue weighted by Crippen LogP contribution is -2.55. The molecule has 0 fully saturated rings. The topological polar surface area (TPSA) is 102 Å². The van der Waals surface area contributed by atoms with Crippen molar-refractivity contribution in [2.45, 2.75) is 289 Å². The fourth-order valence-corrected chi connectivity index (χ4v) is 8.79. The highest BCUT2D eigenvalue weighted by molar-refractivity contribution is 5.70. The number of likely N-dealkylation sites (N-methyl/N-ethyl adjacent to an activating group) is 1. The van der Waals surface area contributed by atoms with Gasteiger partial charge >= 0.3 is 11.9 Å². The first-order valence-corrected chi connectivity index (χ1v) is 29.0. The lowest BCUT2D eigenvalue weighted by atomic mass is 10.0. The van der Waals surface area contributed by atoms with Crippen LogP contribution in [-0.2, 0) is 28.6 Å². The van der Waals surface area contributed by atoms with E-state index >= 15 is 0 Å². The molecule has 398 valence electrons. The number of aliphatic carboxylic acids is 1. The number of nitrogens with zero attached hydrogens (tertiary/aromatic N) is 1. The van der Waals surface area contributed by atoms with E-state index in [2.05, 4.69) is 50.3 Å². The van der Waals surface area contributed by atoms with Gasteiger partial charge in [-0.1, -0.05) is 243 Å². The monoisotopic (exact) mass is 958 g/mol. The Kier molecular flexibility index (Phi) is 49.1. The second-order valence-corrected chi connectivity index (χ2v) is 20.9. The molecule has 0 aromatic rings. The van der Waals surface area contributed by atoms with Gasteiger partial charge in [0.15, 0.2) is 6.10 Å². The summed E-state index contributed by atoms with van der Waals surface area (Å²) in [5.74, 6) is -1.72. The summed E-state index contributed by atoms with van der Waals surface area (Å²) in [5, 5.41) is 11.7. The summed E-state index contributed by atoms with van der Waals surface area (Å²) in [7, 11) is 5.43. The minimum absolute atomic E-state index is 0.0428. The van der Waals surface area contributed by atoms with E-state index in [0.717, 1.165) is 51.4 Å². The highest BCUT2D eigenvalue weighted by Crippen LogP contribution is 2.17. The van der Waals surface area contributed by atoms with Gasteiger partial charge in [0, 0.05) is 19.3 Å². The number of carbonyl (C=O) groups is 3. The van der Waals surface area contributed by atoms with Crippen LogP contribution in [0.15, 0.2) is 36.5 Å². The predicted molar refractivity (Wildman–Crippen MR) is 287 cm³/mol. The maximum atomic E-state index is 12.8. The first kappa shape index (κ1) is 65.5. The number of hydrogen-bond acceptors (Lipinski definition) is 7. The molecule has 0 radical (unpaired) electrons. The van der Waals surface area contributed by atoms with E-state index in [1.807, 2.05) is 21.1 Å². The number of carbonyl (C=O) groups excluding carboxylic acids is 3. The molecule has 0 aliphatic heterocycles. The summed E-state index contributed by atoms with van der Waals surface area (Å²) < 4.78 is 17.3. The highest BCUT2D eigenvalue weighted by atomic mass is 16.6. The Balaban J connectivity index is 4.15. The van der Waals surface area contributed by atoms with Gasteiger partial charge in [0.25, 0.3) is 0 Å². The van der Waals surface area contributed by atoms with Crippen LogP contribution in [0.25, 0.3) is 0 Å². The Bertz CT molecular complexity index is 1210. The van der Waals surface area contributed by atoms with E-state index in [4.69, 9.17) is 14.2 Å². The number of quaternary nitrogens is 1. The van der Waals surface area contributed by atoms with E-state index < -0.39 is 18.1 Å². The molecule has 0 aromatic carbocycles. The fourth-order valence-electron chi connectivity index (χ4n) is 8.79. The van der Waals surface area contributed by atoms with Gasteiger partial charge in [0.05, 0.1) is 40.3 Å². The van der Waals surface area contributed by atoms with Crippen LogP contribution in [0.1, 0.15) is 277 Å². The molecule has 0 bridgehead atoms. The van der Waals surface area contributed by atoms with Crippen LogP contribution in [0.4, 0.5) is 0 Å². The van der Waals surface area contributed by atoms with Gasteiger partial charge in [-0.15, -0.1) is 0 Å². The molecule has 8 nitrogen and oxygen atoms in total. The molecule has 0 rings (SSSR count). The fraction of sp³-hybridized carbons (Fsp3) is 0.850. The quantitative estimate of drug-likeness (QED) is 0.0259. The Hall–Kier alpha value is -2.45. The highest BCUT2D eigenvalue weighted by Gasteiger charge is 2.25. The van der Waals surface area contributed by atoms with Crippen LogP contribution < -0.4 is 5.11 Å². The Labute approximate surface area is 421 Å². The number of allylic oxidation sites excluding steroid dienone is 6. The Morgan fingerprint density at radius 2 is 0.779 bits per heavy atom. The van der Waals surface area contributed by atoms with Crippen LogP contribution in [0, 0.1) is 0 Å². The molecule has 2 unspecified atom stereocenters. The lowest BCUT2D eigenvalue weighted by molar-refractivity contribution is -0.889. The minimum Gasteiger partial charge on any atom is -0.544 e. The Morgan fingerprint density at radius 1 is 0.441 bits per heavy atom. The van der Waals surface area contributed by atoms with Crippen molar-refractivity contribution in [3.05, 3.63) is 36.5 Å². The van der Waals surface area contributed by atoms with Crippen LogP contribution >= 0.6 is 0 Å². The third-order valence-corrected chi connectivity index (χ3v) is 13.3. The summed E-state index contributed by atoms with van der Waals surface area (Å²) in [6, 6.07) is -0.726. The van der Waals surface area contributed by atoms with Crippen molar-refractivity contribution in [2.75, 3.05) is 41.0 Å². The number of hydrogen-bond donors (Lipinski definition) is 0. The zero-order valence-electron chi connectivity index (χ0n) is 45.5. The second-order valence-electron chi connectivity index (χ2n) is 20.9. The molecule has 0 amide bonds. The number of ether oxygens (including phenoxy) is 3. The summed E-state index contributed by atoms with van der Waals surface area (Å²) in [4.78, 5) is 37.2. The van der Waals surface area contributed by atoms with E-state index in [0.29, 0.717) is 12.8 Å². The molecule has 2 atom stereocenters. The van der Waals surface area contributed by atoms with Crippen LogP contribution in [0.5, 0.6) is 0 Å². The van der Waals surface area contributed by atoms with Crippen molar-refractivity contribution in [1.82, 2.24) is 0 Å². The van der Waals surface area contributed by atoms with Crippen LogP contribution in [0.3, 0.4) is 0 Å². The number of carboxylic acids is 1. The molecule has 0 saturated heterocycles. The first-order valence-electron chi connectivity index (χ1n) is 29.0. The number of esters is 2. The molecule has 0 aliphatic rings. The van der Waals surface area contributed by atoms with Gasteiger partial charge in [-0.05, 0) is 51.4 Å². The molecule has 0 N–H and O–H groups in total. The van der Waals surface area contributed by atoms with Crippen molar-refractivity contribution in [3.63, 3.8) is 0 Å². The smallest absolute Gasteiger partial charge is 0.306 e. The lowest BCUT2D eigenvalue weighted by Gasteiger charge is -2.34. The van der Waals surface area contributed by atoms with Crippen molar-refractivity contribution < 1.29 is 38.2 Å². The SMILES string of the molecule is CCCCC/C=C/C/C=C/C/C=C/CCCCCCCCCCCC(=O)OCC(COCCC(C(=O)[O-])[N+](C)(C)C)OC(=O)CCCCCCCCCCCCCCCCCCCCCCCC. The van der Waals surface area contributed by atoms with Gasteiger partial charge in [-0.25, -0.2) is 0 Å². The minimum atomic E-state index is -1.12. The molecular weight excluding hydrogens is 847 g/mol.